The Labute approximate surface area is 128 Å². The summed E-state index contributed by atoms with van der Waals surface area (Å²) in [7, 11) is 0. The zero-order valence-corrected chi connectivity index (χ0v) is 12.6. The average Bonchev–Trinajstić information content (AvgIpc) is 2.94. The molecule has 1 heterocycles. The Hall–Kier alpha value is -2.51. The Morgan fingerprint density at radius 3 is 2.82 bits per heavy atom. The van der Waals surface area contributed by atoms with Gasteiger partial charge in [-0.1, -0.05) is 17.9 Å². The highest BCUT2D eigenvalue weighted by Crippen LogP contribution is 1.97. The van der Waals surface area contributed by atoms with Crippen molar-refractivity contribution in [1.29, 1.82) is 0 Å². The van der Waals surface area contributed by atoms with Crippen LogP contribution in [-0.4, -0.2) is 39.3 Å². The first kappa shape index (κ1) is 17.5. The topological polar surface area (TPSA) is 103 Å². The molecule has 8 nitrogen and oxygen atoms in total. The number of esters is 1. The summed E-state index contributed by atoms with van der Waals surface area (Å²) < 4.78 is 6.35. The second-order valence-electron chi connectivity index (χ2n) is 4.67. The van der Waals surface area contributed by atoms with Crippen molar-refractivity contribution in [1.82, 2.24) is 20.3 Å². The van der Waals surface area contributed by atoms with E-state index in [1.54, 1.807) is 6.20 Å². The van der Waals surface area contributed by atoms with Gasteiger partial charge in [0.25, 0.3) is 0 Å². The largest absolute Gasteiger partial charge is 0.461 e. The van der Waals surface area contributed by atoms with Gasteiger partial charge in [0.2, 0.25) is 5.91 Å². The highest BCUT2D eigenvalue weighted by molar-refractivity contribution is 5.83. The van der Waals surface area contributed by atoms with Crippen LogP contribution in [0.5, 0.6) is 0 Å². The van der Waals surface area contributed by atoms with Gasteiger partial charge in [-0.15, -0.1) is 5.10 Å². The summed E-state index contributed by atoms with van der Waals surface area (Å²) >= 11 is 0. The second kappa shape index (κ2) is 9.43. The lowest BCUT2D eigenvalue weighted by molar-refractivity contribution is -0.142. The van der Waals surface area contributed by atoms with E-state index in [1.165, 1.54) is 17.7 Å². The summed E-state index contributed by atoms with van der Waals surface area (Å²) in [5.74, 6) is -0.573. The number of nitrogens with zero attached hydrogens (tertiary/aromatic N) is 3. The molecule has 1 aromatic rings. The van der Waals surface area contributed by atoms with Crippen molar-refractivity contribution in [2.45, 2.75) is 39.3 Å². The fraction of sp³-hybridized carbons (Fsp3) is 0.500. The molecule has 0 aliphatic heterocycles. The van der Waals surface area contributed by atoms with Gasteiger partial charge in [0.15, 0.2) is 0 Å². The zero-order valence-electron chi connectivity index (χ0n) is 12.6. The minimum absolute atomic E-state index is 0.0237. The van der Waals surface area contributed by atoms with Crippen LogP contribution in [0.3, 0.4) is 0 Å². The molecular weight excluding hydrogens is 288 g/mol. The van der Waals surface area contributed by atoms with Crippen LogP contribution in [0.15, 0.2) is 18.9 Å². The van der Waals surface area contributed by atoms with Crippen molar-refractivity contribution in [2.24, 2.45) is 0 Å². The molecule has 1 N–H and O–H groups in total. The van der Waals surface area contributed by atoms with Gasteiger partial charge in [-0.05, 0) is 6.92 Å². The highest BCUT2D eigenvalue weighted by atomic mass is 16.5. The van der Waals surface area contributed by atoms with Crippen LogP contribution in [0.2, 0.25) is 0 Å². The number of nitrogens with one attached hydrogen (secondary N) is 1. The first-order valence-corrected chi connectivity index (χ1v) is 6.93. The van der Waals surface area contributed by atoms with Gasteiger partial charge in [0.1, 0.15) is 18.1 Å². The Balaban J connectivity index is 2.29. The number of hydrogen-bond acceptors (Lipinski definition) is 6. The molecule has 22 heavy (non-hydrogen) atoms. The van der Waals surface area contributed by atoms with Crippen molar-refractivity contribution in [2.75, 3.05) is 6.61 Å². The van der Waals surface area contributed by atoms with Gasteiger partial charge in [-0.2, -0.15) is 0 Å². The fourth-order valence-electron chi connectivity index (χ4n) is 1.53. The number of carbonyl (C=O) groups excluding carboxylic acids is 3. The summed E-state index contributed by atoms with van der Waals surface area (Å²) in [6, 6.07) is 0. The molecule has 0 aliphatic rings. The maximum atomic E-state index is 11.5. The summed E-state index contributed by atoms with van der Waals surface area (Å²) in [6.45, 7) is 5.67. The Bertz CT molecular complexity index is 539. The summed E-state index contributed by atoms with van der Waals surface area (Å²) in [5, 5.41) is 10.4. The zero-order chi connectivity index (χ0) is 16.4. The molecule has 8 heteroatoms. The number of amides is 1. The number of Topliss-reactive ketones (excluding diaryl/α,β-unsaturated/α-hetero) is 1. The molecule has 0 unspecified atom stereocenters. The molecule has 0 spiro atoms. The molecule has 0 aromatic carbocycles. The van der Waals surface area contributed by atoms with E-state index in [0.717, 1.165) is 0 Å². The van der Waals surface area contributed by atoms with Crippen molar-refractivity contribution < 1.29 is 19.1 Å². The van der Waals surface area contributed by atoms with Crippen LogP contribution in [0.1, 0.15) is 31.9 Å². The van der Waals surface area contributed by atoms with E-state index in [1.807, 2.05) is 0 Å². The van der Waals surface area contributed by atoms with Crippen LogP contribution in [0.25, 0.3) is 0 Å². The number of ether oxygens (including phenoxy) is 1. The lowest BCUT2D eigenvalue weighted by Crippen LogP contribution is -2.23. The molecule has 0 atom stereocenters. The van der Waals surface area contributed by atoms with Crippen LogP contribution >= 0.6 is 0 Å². The van der Waals surface area contributed by atoms with E-state index in [4.69, 9.17) is 4.74 Å². The third-order valence-electron chi connectivity index (χ3n) is 2.66. The van der Waals surface area contributed by atoms with Crippen molar-refractivity contribution >= 4 is 17.7 Å². The van der Waals surface area contributed by atoms with Crippen LogP contribution < -0.4 is 5.32 Å². The molecule has 0 saturated carbocycles. The molecule has 1 rings (SSSR count). The minimum atomic E-state index is -0.338. The van der Waals surface area contributed by atoms with Crippen LogP contribution in [0.4, 0.5) is 0 Å². The van der Waals surface area contributed by atoms with E-state index in [0.29, 0.717) is 12.2 Å². The summed E-state index contributed by atoms with van der Waals surface area (Å²) in [5.41, 5.74) is 0.579. The molecular formula is C14H20N4O4. The Kier molecular flexibility index (Phi) is 7.52. The maximum absolute atomic E-state index is 11.5. The predicted molar refractivity (Wildman–Crippen MR) is 77.6 cm³/mol. The van der Waals surface area contributed by atoms with Crippen molar-refractivity contribution in [3.8, 4) is 0 Å². The van der Waals surface area contributed by atoms with E-state index in [9.17, 15) is 14.4 Å². The third-order valence-corrected chi connectivity index (χ3v) is 2.66. The minimum Gasteiger partial charge on any atom is -0.461 e. The molecule has 0 bridgehead atoms. The molecule has 1 amide bonds. The molecule has 120 valence electrons. The molecule has 0 fully saturated rings. The fourth-order valence-corrected chi connectivity index (χ4v) is 1.53. The van der Waals surface area contributed by atoms with Gasteiger partial charge < -0.3 is 14.8 Å². The second-order valence-corrected chi connectivity index (χ2v) is 4.67. The van der Waals surface area contributed by atoms with Crippen molar-refractivity contribution in [3.63, 3.8) is 0 Å². The van der Waals surface area contributed by atoms with E-state index >= 15 is 0 Å². The quantitative estimate of drug-likeness (QED) is 0.495. The molecule has 0 aliphatic carbocycles. The number of hydrogen-bond donors (Lipinski definition) is 1. The van der Waals surface area contributed by atoms with Gasteiger partial charge in [0.05, 0.1) is 25.7 Å². The first-order chi connectivity index (χ1) is 10.5. The number of rotatable bonds is 10. The Morgan fingerprint density at radius 2 is 2.14 bits per heavy atom. The number of aromatic nitrogens is 3. The van der Waals surface area contributed by atoms with Gasteiger partial charge in [-0.3, -0.25) is 14.3 Å². The number of aryl methyl sites for hydroxylation is 1. The van der Waals surface area contributed by atoms with Gasteiger partial charge in [0, 0.05) is 12.8 Å². The number of carbonyl (C=O) groups is 3. The van der Waals surface area contributed by atoms with E-state index < -0.39 is 0 Å². The third kappa shape index (κ3) is 7.32. The number of ketones is 1. The predicted octanol–water partition coefficient (Wildman–Crippen LogP) is 0.383. The van der Waals surface area contributed by atoms with E-state index in [2.05, 4.69) is 22.2 Å². The summed E-state index contributed by atoms with van der Waals surface area (Å²) in [4.78, 5) is 33.5. The lowest BCUT2D eigenvalue weighted by atomic mass is 10.2. The van der Waals surface area contributed by atoms with Gasteiger partial charge >= 0.3 is 5.97 Å². The highest BCUT2D eigenvalue weighted by Gasteiger charge is 2.07. The summed E-state index contributed by atoms with van der Waals surface area (Å²) in [6.07, 6.45) is 3.72. The standard InChI is InChI=1S/C14H20N4O4/c1-3-8-22-14(21)6-7-18-10-12(16-17-18)9-15-13(20)5-4-11(2)19/h3,10H,1,4-9H2,2H3,(H,15,20). The molecule has 1 aromatic heterocycles. The monoisotopic (exact) mass is 308 g/mol. The van der Waals surface area contributed by atoms with E-state index in [-0.39, 0.29) is 50.1 Å². The van der Waals surface area contributed by atoms with Crippen LogP contribution in [-0.2, 0) is 32.2 Å². The Morgan fingerprint density at radius 1 is 1.36 bits per heavy atom. The van der Waals surface area contributed by atoms with Gasteiger partial charge in [-0.25, -0.2) is 0 Å². The molecule has 0 saturated heterocycles. The average molecular weight is 308 g/mol. The van der Waals surface area contributed by atoms with Crippen LogP contribution in [0, 0.1) is 0 Å². The normalized spacial score (nSPS) is 10.0. The molecule has 0 radical (unpaired) electrons. The smallest absolute Gasteiger partial charge is 0.307 e. The maximum Gasteiger partial charge on any atom is 0.307 e. The SMILES string of the molecule is C=CCOC(=O)CCn1cc(CNC(=O)CCC(C)=O)nn1. The lowest BCUT2D eigenvalue weighted by Gasteiger charge is -2.02. The first-order valence-electron chi connectivity index (χ1n) is 6.93. The van der Waals surface area contributed by atoms with Crippen molar-refractivity contribution in [3.05, 3.63) is 24.5 Å².